The van der Waals surface area contributed by atoms with E-state index < -0.39 is 11.9 Å². The number of ether oxygens (including phenoxy) is 2. The van der Waals surface area contributed by atoms with Crippen molar-refractivity contribution in [3.63, 3.8) is 0 Å². The van der Waals surface area contributed by atoms with Gasteiger partial charge in [0.05, 0.1) is 18.7 Å². The summed E-state index contributed by atoms with van der Waals surface area (Å²) in [6, 6.07) is 14.4. The number of carbonyl (C=O) groups is 5. The molecule has 13 heteroatoms. The fourth-order valence-electron chi connectivity index (χ4n) is 6.92. The van der Waals surface area contributed by atoms with Crippen molar-refractivity contribution in [2.45, 2.75) is 58.4 Å². The number of hydrogen-bond acceptors (Lipinski definition) is 8. The second kappa shape index (κ2) is 16.2. The zero-order valence-corrected chi connectivity index (χ0v) is 29.4. The van der Waals surface area contributed by atoms with Gasteiger partial charge in [-0.3, -0.25) is 19.2 Å². The second-order valence-corrected chi connectivity index (χ2v) is 13.3. The summed E-state index contributed by atoms with van der Waals surface area (Å²) in [4.78, 5) is 77.0. The van der Waals surface area contributed by atoms with Gasteiger partial charge in [0.25, 0.3) is 11.8 Å². The van der Waals surface area contributed by atoms with Crippen LogP contribution in [0.25, 0.3) is 10.9 Å². The molecular weight excluding hydrogens is 652 g/mol. The number of carbonyl (C=O) groups excluding carboxylic acids is 5. The Morgan fingerprint density at radius 2 is 1.69 bits per heavy atom. The highest BCUT2D eigenvalue weighted by atomic mass is 16.6. The average Bonchev–Trinajstić information content (AvgIpc) is 3.65. The van der Waals surface area contributed by atoms with E-state index in [9.17, 15) is 24.0 Å². The van der Waals surface area contributed by atoms with E-state index in [4.69, 9.17) is 9.47 Å². The van der Waals surface area contributed by atoms with Gasteiger partial charge in [0.2, 0.25) is 11.8 Å². The van der Waals surface area contributed by atoms with E-state index in [0.717, 1.165) is 48.9 Å². The van der Waals surface area contributed by atoms with Crippen LogP contribution < -0.4 is 15.0 Å². The van der Waals surface area contributed by atoms with Gasteiger partial charge in [-0.25, -0.2) is 9.78 Å². The minimum Gasteiger partial charge on any atom is -0.483 e. The van der Waals surface area contributed by atoms with Crippen LogP contribution in [0.3, 0.4) is 0 Å². The highest BCUT2D eigenvalue weighted by molar-refractivity contribution is 6.01. The first-order valence-corrected chi connectivity index (χ1v) is 17.9. The molecule has 1 unspecified atom stereocenters. The first-order chi connectivity index (χ1) is 24.7. The number of anilines is 1. The molecule has 5 amide bonds. The molecule has 3 aliphatic rings. The molecule has 6 rings (SSSR count). The third kappa shape index (κ3) is 8.24. The summed E-state index contributed by atoms with van der Waals surface area (Å²) in [7, 11) is 0. The van der Waals surface area contributed by atoms with Gasteiger partial charge in [0.15, 0.2) is 6.61 Å². The molecule has 3 aliphatic heterocycles. The van der Waals surface area contributed by atoms with Gasteiger partial charge >= 0.3 is 6.09 Å². The maximum atomic E-state index is 13.8. The molecule has 0 spiro atoms. The summed E-state index contributed by atoms with van der Waals surface area (Å²) in [6.45, 7) is 6.22. The van der Waals surface area contributed by atoms with Crippen molar-refractivity contribution in [3.8, 4) is 5.75 Å². The first-order valence-electron chi connectivity index (χ1n) is 17.9. The van der Waals surface area contributed by atoms with Crippen LogP contribution >= 0.6 is 0 Å². The number of piperazine rings is 1. The molecule has 4 heterocycles. The van der Waals surface area contributed by atoms with Gasteiger partial charge < -0.3 is 34.4 Å². The van der Waals surface area contributed by atoms with Crippen LogP contribution in [-0.4, -0.2) is 114 Å². The van der Waals surface area contributed by atoms with E-state index in [2.05, 4.69) is 10.3 Å². The number of hydrogen-bond donors (Lipinski definition) is 1. The number of likely N-dealkylation sites (tertiary alicyclic amines) is 1. The number of para-hydroxylation sites is 1. The Kier molecular flexibility index (Phi) is 11.3. The van der Waals surface area contributed by atoms with Gasteiger partial charge in [-0.15, -0.1) is 0 Å². The Balaban J connectivity index is 1.07. The molecular formula is C38H46N6O7. The van der Waals surface area contributed by atoms with Crippen LogP contribution in [0.2, 0.25) is 0 Å². The Morgan fingerprint density at radius 1 is 0.902 bits per heavy atom. The van der Waals surface area contributed by atoms with Crippen molar-refractivity contribution in [2.75, 3.05) is 63.9 Å². The van der Waals surface area contributed by atoms with E-state index >= 15 is 0 Å². The summed E-state index contributed by atoms with van der Waals surface area (Å²) >= 11 is 0. The standard InChI is InChI=1S/C38H46N6O7/c1-3-4-21-50-38(49)42-19-17-41(18-20-42)34(45)24-39-36(47)30-23-33(28-14-13-26(2)22-29(28)40-30)51-25-35(46)43-15-8-12-32(43)37(48)44-16-7-10-27-9-5-6-11-31(27)44/h5-6,9,11,13-14,22-23,32H,3-4,7-8,10,12,15-21,24-25H2,1-2H3,(H,39,47). The molecule has 2 saturated heterocycles. The maximum Gasteiger partial charge on any atom is 0.409 e. The molecule has 0 bridgehead atoms. The number of rotatable bonds is 10. The molecule has 270 valence electrons. The Hall–Kier alpha value is -5.20. The SMILES string of the molecule is CCCCOC(=O)N1CCN(C(=O)CNC(=O)c2cc(OCC(=O)N3CCCC3C(=O)N3CCCc4ccccc43)c3ccc(C)cc3n2)CC1. The predicted octanol–water partition coefficient (Wildman–Crippen LogP) is 3.70. The monoisotopic (exact) mass is 698 g/mol. The molecule has 0 aliphatic carbocycles. The molecule has 1 aromatic heterocycles. The van der Waals surface area contributed by atoms with Gasteiger partial charge in [-0.1, -0.05) is 37.6 Å². The van der Waals surface area contributed by atoms with E-state index in [1.54, 1.807) is 14.7 Å². The molecule has 13 nitrogen and oxygen atoms in total. The van der Waals surface area contributed by atoms with Crippen molar-refractivity contribution in [1.82, 2.24) is 25.0 Å². The summed E-state index contributed by atoms with van der Waals surface area (Å²) in [6.07, 6.45) is 4.47. The topological polar surface area (TPSA) is 142 Å². The number of fused-ring (bicyclic) bond motifs is 2. The van der Waals surface area contributed by atoms with E-state index in [1.807, 2.05) is 61.2 Å². The van der Waals surface area contributed by atoms with Crippen molar-refractivity contribution in [2.24, 2.45) is 0 Å². The molecule has 0 saturated carbocycles. The van der Waals surface area contributed by atoms with Crippen LogP contribution in [0.1, 0.15) is 60.6 Å². The number of nitrogens with one attached hydrogen (secondary N) is 1. The van der Waals surface area contributed by atoms with Crippen molar-refractivity contribution < 1.29 is 33.4 Å². The van der Waals surface area contributed by atoms with Gasteiger partial charge in [-0.2, -0.15) is 0 Å². The number of aryl methyl sites for hydroxylation is 2. The number of amides is 5. The molecule has 2 aromatic carbocycles. The van der Waals surface area contributed by atoms with E-state index in [0.29, 0.717) is 68.9 Å². The van der Waals surface area contributed by atoms with Crippen LogP contribution in [0.5, 0.6) is 5.75 Å². The minimum absolute atomic E-state index is 0.0426. The van der Waals surface area contributed by atoms with Crippen LogP contribution in [-0.2, 0) is 25.5 Å². The molecule has 1 atom stereocenters. The highest BCUT2D eigenvalue weighted by Crippen LogP contribution is 2.31. The molecule has 51 heavy (non-hydrogen) atoms. The zero-order chi connectivity index (χ0) is 35.9. The predicted molar refractivity (Wildman–Crippen MR) is 191 cm³/mol. The summed E-state index contributed by atoms with van der Waals surface area (Å²) in [5.74, 6) is -0.909. The minimum atomic E-state index is -0.564. The lowest BCUT2D eigenvalue weighted by atomic mass is 10.0. The largest absolute Gasteiger partial charge is 0.483 e. The normalized spacial score (nSPS) is 17.3. The van der Waals surface area contributed by atoms with Crippen molar-refractivity contribution in [3.05, 3.63) is 65.4 Å². The third-order valence-corrected chi connectivity index (χ3v) is 9.76. The number of nitrogens with zero attached hydrogens (tertiary/aromatic N) is 5. The molecule has 1 N–H and O–H groups in total. The fraction of sp³-hybridized carbons (Fsp3) is 0.474. The number of benzene rings is 2. The number of pyridine rings is 1. The summed E-state index contributed by atoms with van der Waals surface area (Å²) in [5, 5.41) is 3.30. The van der Waals surface area contributed by atoms with E-state index in [-0.39, 0.29) is 42.7 Å². The maximum absolute atomic E-state index is 13.8. The van der Waals surface area contributed by atoms with Crippen molar-refractivity contribution in [1.29, 1.82) is 0 Å². The smallest absolute Gasteiger partial charge is 0.409 e. The van der Waals surface area contributed by atoms with Gasteiger partial charge in [-0.05, 0) is 68.4 Å². The molecule has 0 radical (unpaired) electrons. The number of unbranched alkanes of at least 4 members (excludes halogenated alkanes) is 1. The van der Waals surface area contributed by atoms with Crippen LogP contribution in [0.4, 0.5) is 10.5 Å². The Morgan fingerprint density at radius 3 is 2.49 bits per heavy atom. The van der Waals surface area contributed by atoms with Gasteiger partial charge in [0, 0.05) is 56.4 Å². The second-order valence-electron chi connectivity index (χ2n) is 13.3. The van der Waals surface area contributed by atoms with Crippen molar-refractivity contribution >= 4 is 46.3 Å². The summed E-state index contributed by atoms with van der Waals surface area (Å²) in [5.41, 5.74) is 3.53. The lowest BCUT2D eigenvalue weighted by Gasteiger charge is -2.34. The number of aromatic nitrogens is 1. The van der Waals surface area contributed by atoms with Crippen LogP contribution in [0, 0.1) is 6.92 Å². The van der Waals surface area contributed by atoms with Crippen LogP contribution in [0.15, 0.2) is 48.5 Å². The first kappa shape index (κ1) is 35.6. The zero-order valence-electron chi connectivity index (χ0n) is 29.4. The fourth-order valence-corrected chi connectivity index (χ4v) is 6.92. The Labute approximate surface area is 297 Å². The van der Waals surface area contributed by atoms with E-state index in [1.165, 1.54) is 6.07 Å². The van der Waals surface area contributed by atoms with Gasteiger partial charge in [0.1, 0.15) is 17.5 Å². The lowest BCUT2D eigenvalue weighted by Crippen LogP contribution is -2.52. The quantitative estimate of drug-likeness (QED) is 0.316. The summed E-state index contributed by atoms with van der Waals surface area (Å²) < 4.78 is 11.4. The molecule has 2 fully saturated rings. The average molecular weight is 699 g/mol. The third-order valence-electron chi connectivity index (χ3n) is 9.76. The highest BCUT2D eigenvalue weighted by Gasteiger charge is 2.38. The Bertz CT molecular complexity index is 1790. The molecule has 3 aromatic rings. The lowest BCUT2D eigenvalue weighted by molar-refractivity contribution is -0.139.